The number of aryl methyl sites for hydroxylation is 2. The van der Waals surface area contributed by atoms with Gasteiger partial charge in [0.25, 0.3) is 0 Å². The number of carbonyl (C=O) groups is 1. The van der Waals surface area contributed by atoms with Gasteiger partial charge in [0.1, 0.15) is 5.60 Å². The molecule has 0 aliphatic heterocycles. The molecule has 2 nitrogen and oxygen atoms in total. The zero-order valence-corrected chi connectivity index (χ0v) is 14.2. The Morgan fingerprint density at radius 3 is 1.95 bits per heavy atom. The fourth-order valence-corrected chi connectivity index (χ4v) is 1.92. The first-order valence-corrected chi connectivity index (χ1v) is 7.66. The van der Waals surface area contributed by atoms with E-state index in [9.17, 15) is 4.79 Å². The minimum atomic E-state index is -0.424. The van der Waals surface area contributed by atoms with E-state index in [-0.39, 0.29) is 5.97 Å². The van der Waals surface area contributed by atoms with Crippen molar-refractivity contribution in [1.82, 2.24) is 0 Å². The molecule has 0 N–H and O–H groups in total. The molecule has 0 aliphatic carbocycles. The summed E-state index contributed by atoms with van der Waals surface area (Å²) >= 11 is 0. The summed E-state index contributed by atoms with van der Waals surface area (Å²) in [5, 5.41) is 0. The maximum atomic E-state index is 11.4. The fourth-order valence-electron chi connectivity index (χ4n) is 1.92. The van der Waals surface area contributed by atoms with Gasteiger partial charge < -0.3 is 4.74 Å². The van der Waals surface area contributed by atoms with E-state index >= 15 is 0 Å². The van der Waals surface area contributed by atoms with Crippen molar-refractivity contribution < 1.29 is 9.53 Å². The lowest BCUT2D eigenvalue weighted by molar-refractivity contribution is 0.00695. The lowest BCUT2D eigenvalue weighted by atomic mass is 10.1. The van der Waals surface area contributed by atoms with Crippen LogP contribution in [0.5, 0.6) is 0 Å². The highest BCUT2D eigenvalue weighted by Gasteiger charge is 2.16. The molecule has 22 heavy (non-hydrogen) atoms. The van der Waals surface area contributed by atoms with Crippen molar-refractivity contribution >= 4 is 5.97 Å². The molecular formula is C20H26O2. The van der Waals surface area contributed by atoms with Crippen molar-refractivity contribution in [3.63, 3.8) is 0 Å². The zero-order chi connectivity index (χ0) is 16.6. The lowest BCUT2D eigenvalue weighted by Crippen LogP contribution is -2.23. The number of benzene rings is 2. The Bertz CT molecular complexity index is 580. The SMILES string of the molecule is CC(C)(C)OC(=O)c1ccccc1.CCc1ccccc1C. The molecule has 0 bridgehead atoms. The molecule has 0 radical (unpaired) electrons. The first-order chi connectivity index (χ1) is 10.3. The molecule has 0 aromatic heterocycles. The molecule has 0 fully saturated rings. The van der Waals surface area contributed by atoms with Gasteiger partial charge in [0.2, 0.25) is 0 Å². The van der Waals surface area contributed by atoms with Crippen molar-refractivity contribution in [3.05, 3.63) is 71.3 Å². The van der Waals surface area contributed by atoms with Crippen LogP contribution in [-0.2, 0) is 11.2 Å². The van der Waals surface area contributed by atoms with Gasteiger partial charge in [0, 0.05) is 0 Å². The Kier molecular flexibility index (Phi) is 6.84. The molecule has 2 aromatic carbocycles. The average Bonchev–Trinajstić information content (AvgIpc) is 2.48. The second-order valence-electron chi connectivity index (χ2n) is 6.15. The number of hydrogen-bond donors (Lipinski definition) is 0. The number of ether oxygens (including phenoxy) is 1. The number of rotatable bonds is 2. The van der Waals surface area contributed by atoms with Gasteiger partial charge in [-0.1, -0.05) is 49.4 Å². The summed E-state index contributed by atoms with van der Waals surface area (Å²) < 4.78 is 5.18. The Balaban J connectivity index is 0.000000235. The molecule has 0 amide bonds. The number of hydrogen-bond acceptors (Lipinski definition) is 2. The average molecular weight is 298 g/mol. The molecule has 0 atom stereocenters. The van der Waals surface area contributed by atoms with Gasteiger partial charge >= 0.3 is 5.97 Å². The highest BCUT2D eigenvalue weighted by Crippen LogP contribution is 2.11. The Labute approximate surface area is 134 Å². The van der Waals surface area contributed by atoms with Crippen LogP contribution in [0.1, 0.15) is 49.2 Å². The largest absolute Gasteiger partial charge is 0.456 e. The molecule has 2 rings (SSSR count). The molecule has 2 aromatic rings. The van der Waals surface area contributed by atoms with Crippen molar-refractivity contribution in [2.24, 2.45) is 0 Å². The second-order valence-corrected chi connectivity index (χ2v) is 6.15. The van der Waals surface area contributed by atoms with Crippen molar-refractivity contribution in [1.29, 1.82) is 0 Å². The van der Waals surface area contributed by atoms with Crippen LogP contribution in [0, 0.1) is 6.92 Å². The van der Waals surface area contributed by atoms with Crippen LogP contribution in [0.3, 0.4) is 0 Å². The minimum absolute atomic E-state index is 0.270. The van der Waals surface area contributed by atoms with E-state index in [1.165, 1.54) is 11.1 Å². The second kappa shape index (κ2) is 8.38. The lowest BCUT2D eigenvalue weighted by Gasteiger charge is -2.19. The molecule has 0 saturated carbocycles. The van der Waals surface area contributed by atoms with E-state index in [1.54, 1.807) is 12.1 Å². The third-order valence-corrected chi connectivity index (χ3v) is 3.05. The summed E-state index contributed by atoms with van der Waals surface area (Å²) in [5.74, 6) is -0.270. The van der Waals surface area contributed by atoms with Crippen LogP contribution in [0.25, 0.3) is 0 Å². The highest BCUT2D eigenvalue weighted by atomic mass is 16.6. The predicted molar refractivity (Wildman–Crippen MR) is 92.2 cm³/mol. The molecule has 2 heteroatoms. The summed E-state index contributed by atoms with van der Waals surface area (Å²) in [6.45, 7) is 9.90. The van der Waals surface area contributed by atoms with Crippen LogP contribution in [0.15, 0.2) is 54.6 Å². The molecule has 118 valence electrons. The third-order valence-electron chi connectivity index (χ3n) is 3.05. The van der Waals surface area contributed by atoms with Crippen LogP contribution < -0.4 is 0 Å². The summed E-state index contributed by atoms with van der Waals surface area (Å²) in [5.41, 5.74) is 3.03. The Morgan fingerprint density at radius 2 is 1.50 bits per heavy atom. The van der Waals surface area contributed by atoms with Gasteiger partial charge in [0.15, 0.2) is 0 Å². The van der Waals surface area contributed by atoms with Crippen LogP contribution in [-0.4, -0.2) is 11.6 Å². The van der Waals surface area contributed by atoms with Crippen LogP contribution >= 0.6 is 0 Å². The van der Waals surface area contributed by atoms with E-state index in [1.807, 2.05) is 39.0 Å². The topological polar surface area (TPSA) is 26.3 Å². The highest BCUT2D eigenvalue weighted by molar-refractivity contribution is 5.89. The van der Waals surface area contributed by atoms with E-state index in [2.05, 4.69) is 38.1 Å². The number of carbonyl (C=O) groups excluding carboxylic acids is 1. The van der Waals surface area contributed by atoms with Gasteiger partial charge in [-0.15, -0.1) is 0 Å². The van der Waals surface area contributed by atoms with Crippen molar-refractivity contribution in [3.8, 4) is 0 Å². The molecular weight excluding hydrogens is 272 g/mol. The van der Waals surface area contributed by atoms with Gasteiger partial charge in [-0.2, -0.15) is 0 Å². The smallest absolute Gasteiger partial charge is 0.338 e. The fraction of sp³-hybridized carbons (Fsp3) is 0.350. The molecule has 0 spiro atoms. The van der Waals surface area contributed by atoms with Crippen LogP contribution in [0.2, 0.25) is 0 Å². The maximum absolute atomic E-state index is 11.4. The van der Waals surface area contributed by atoms with E-state index in [4.69, 9.17) is 4.74 Å². The molecule has 0 heterocycles. The number of esters is 1. The third kappa shape index (κ3) is 6.57. The summed E-state index contributed by atoms with van der Waals surface area (Å²) in [4.78, 5) is 11.4. The summed E-state index contributed by atoms with van der Waals surface area (Å²) in [6, 6.07) is 17.5. The van der Waals surface area contributed by atoms with Gasteiger partial charge in [-0.25, -0.2) is 4.79 Å². The van der Waals surface area contributed by atoms with Crippen molar-refractivity contribution in [2.75, 3.05) is 0 Å². The minimum Gasteiger partial charge on any atom is -0.456 e. The van der Waals surface area contributed by atoms with E-state index in [0.29, 0.717) is 5.56 Å². The van der Waals surface area contributed by atoms with E-state index < -0.39 is 5.60 Å². The maximum Gasteiger partial charge on any atom is 0.338 e. The standard InChI is InChI=1S/C11H14O2.C9H12/c1-11(2,3)13-10(12)9-7-5-4-6-8-9;1-3-9-7-5-4-6-8(9)2/h4-8H,1-3H3;4-7H,3H2,1-2H3. The first-order valence-electron chi connectivity index (χ1n) is 7.66. The Morgan fingerprint density at radius 1 is 0.955 bits per heavy atom. The molecule has 0 unspecified atom stereocenters. The quantitative estimate of drug-likeness (QED) is 0.712. The van der Waals surface area contributed by atoms with Crippen molar-refractivity contribution in [2.45, 2.75) is 46.6 Å². The summed E-state index contributed by atoms with van der Waals surface area (Å²) in [7, 11) is 0. The van der Waals surface area contributed by atoms with Crippen LogP contribution in [0.4, 0.5) is 0 Å². The monoisotopic (exact) mass is 298 g/mol. The predicted octanol–water partition coefficient (Wildman–Crippen LogP) is 5.20. The van der Waals surface area contributed by atoms with Gasteiger partial charge in [-0.3, -0.25) is 0 Å². The molecule has 0 saturated heterocycles. The van der Waals surface area contributed by atoms with Gasteiger partial charge in [-0.05, 0) is 57.4 Å². The van der Waals surface area contributed by atoms with Gasteiger partial charge in [0.05, 0.1) is 5.56 Å². The normalized spacial score (nSPS) is 10.4. The zero-order valence-electron chi connectivity index (χ0n) is 14.2. The Hall–Kier alpha value is -2.09. The van der Waals surface area contributed by atoms with E-state index in [0.717, 1.165) is 6.42 Å². The molecule has 0 aliphatic rings. The summed E-state index contributed by atoms with van der Waals surface area (Å²) in [6.07, 6.45) is 1.15. The first kappa shape index (κ1) is 18.0.